The van der Waals surface area contributed by atoms with Gasteiger partial charge in [-0.1, -0.05) is 13.3 Å². The fourth-order valence-corrected chi connectivity index (χ4v) is 2.69. The van der Waals surface area contributed by atoms with E-state index in [1.165, 1.54) is 50.7 Å². The fraction of sp³-hybridized carbons (Fsp3) is 0.846. The van der Waals surface area contributed by atoms with Crippen molar-refractivity contribution in [3.05, 3.63) is 11.3 Å². The molecule has 2 unspecified atom stereocenters. The third-order valence-electron chi connectivity index (χ3n) is 3.65. The highest BCUT2D eigenvalue weighted by Crippen LogP contribution is 2.35. The van der Waals surface area contributed by atoms with Crippen LogP contribution in [0.4, 0.5) is 0 Å². The van der Waals surface area contributed by atoms with Crippen molar-refractivity contribution in [2.75, 3.05) is 0 Å². The molecule has 0 spiro atoms. The van der Waals surface area contributed by atoms with Crippen molar-refractivity contribution in [3.63, 3.8) is 0 Å². The summed E-state index contributed by atoms with van der Waals surface area (Å²) in [6, 6.07) is 0. The van der Waals surface area contributed by atoms with E-state index < -0.39 is 0 Å². The van der Waals surface area contributed by atoms with Gasteiger partial charge in [-0.2, -0.15) is 0 Å². The molecular weight excluding hydrogens is 172 g/mol. The third kappa shape index (κ3) is 2.13. The Bertz CT molecular complexity index is 229. The molecule has 0 aromatic rings. The number of hydrogen-bond acceptors (Lipinski definition) is 1. The molecule has 1 nitrogen and oxygen atoms in total. The molecule has 2 atom stereocenters. The van der Waals surface area contributed by atoms with Crippen molar-refractivity contribution >= 4 is 0 Å². The SMILES string of the molecule is CC1CCC(C)C2=C(CCCCC2)O1. The van der Waals surface area contributed by atoms with E-state index in [4.69, 9.17) is 4.74 Å². The van der Waals surface area contributed by atoms with Crippen LogP contribution in [0.3, 0.4) is 0 Å². The predicted molar refractivity (Wildman–Crippen MR) is 59.1 cm³/mol. The zero-order chi connectivity index (χ0) is 9.97. The van der Waals surface area contributed by atoms with Crippen LogP contribution in [0.2, 0.25) is 0 Å². The second kappa shape index (κ2) is 4.37. The summed E-state index contributed by atoms with van der Waals surface area (Å²) in [6.45, 7) is 4.59. The maximum absolute atomic E-state index is 6.05. The van der Waals surface area contributed by atoms with E-state index >= 15 is 0 Å². The summed E-state index contributed by atoms with van der Waals surface area (Å²) < 4.78 is 6.05. The molecule has 0 N–H and O–H groups in total. The highest BCUT2D eigenvalue weighted by Gasteiger charge is 2.23. The largest absolute Gasteiger partial charge is 0.495 e. The van der Waals surface area contributed by atoms with E-state index in [-0.39, 0.29) is 0 Å². The minimum absolute atomic E-state index is 0.447. The smallest absolute Gasteiger partial charge is 0.0958 e. The van der Waals surface area contributed by atoms with Gasteiger partial charge in [-0.25, -0.2) is 0 Å². The topological polar surface area (TPSA) is 9.23 Å². The minimum atomic E-state index is 0.447. The van der Waals surface area contributed by atoms with Gasteiger partial charge < -0.3 is 4.74 Å². The zero-order valence-electron chi connectivity index (χ0n) is 9.51. The Labute approximate surface area is 87.5 Å². The molecule has 0 aromatic carbocycles. The average molecular weight is 194 g/mol. The molecule has 2 rings (SSSR count). The van der Waals surface area contributed by atoms with Crippen molar-refractivity contribution in [1.29, 1.82) is 0 Å². The van der Waals surface area contributed by atoms with Gasteiger partial charge in [0.15, 0.2) is 0 Å². The van der Waals surface area contributed by atoms with Crippen LogP contribution in [-0.4, -0.2) is 6.10 Å². The van der Waals surface area contributed by atoms with Crippen LogP contribution in [0.5, 0.6) is 0 Å². The first kappa shape index (κ1) is 10.1. The Kier molecular flexibility index (Phi) is 3.15. The van der Waals surface area contributed by atoms with Crippen LogP contribution in [0.1, 0.15) is 58.8 Å². The van der Waals surface area contributed by atoms with E-state index in [2.05, 4.69) is 13.8 Å². The molecule has 0 fully saturated rings. The Morgan fingerprint density at radius 3 is 2.64 bits per heavy atom. The summed E-state index contributed by atoms with van der Waals surface area (Å²) in [5.74, 6) is 2.13. The summed E-state index contributed by atoms with van der Waals surface area (Å²) in [7, 11) is 0. The zero-order valence-corrected chi connectivity index (χ0v) is 9.51. The Hall–Kier alpha value is -0.460. The van der Waals surface area contributed by atoms with E-state index in [1.54, 1.807) is 5.57 Å². The van der Waals surface area contributed by atoms with E-state index in [0.29, 0.717) is 6.10 Å². The normalized spacial score (nSPS) is 34.1. The summed E-state index contributed by atoms with van der Waals surface area (Å²) in [6.07, 6.45) is 9.58. The number of rotatable bonds is 0. The van der Waals surface area contributed by atoms with Crippen LogP contribution in [0, 0.1) is 5.92 Å². The number of allylic oxidation sites excluding steroid dienone is 2. The van der Waals surface area contributed by atoms with Gasteiger partial charge >= 0.3 is 0 Å². The Balaban J connectivity index is 2.19. The van der Waals surface area contributed by atoms with Crippen LogP contribution >= 0.6 is 0 Å². The summed E-state index contributed by atoms with van der Waals surface area (Å²) in [5.41, 5.74) is 1.65. The molecule has 0 saturated heterocycles. The molecule has 1 aliphatic heterocycles. The highest BCUT2D eigenvalue weighted by atomic mass is 16.5. The van der Waals surface area contributed by atoms with Crippen LogP contribution < -0.4 is 0 Å². The lowest BCUT2D eigenvalue weighted by atomic mass is 9.92. The molecule has 0 radical (unpaired) electrons. The summed E-state index contributed by atoms with van der Waals surface area (Å²) >= 11 is 0. The Morgan fingerprint density at radius 1 is 1.00 bits per heavy atom. The number of hydrogen-bond donors (Lipinski definition) is 0. The molecule has 0 saturated carbocycles. The second-order valence-corrected chi connectivity index (χ2v) is 4.92. The van der Waals surface area contributed by atoms with Crippen LogP contribution in [0.25, 0.3) is 0 Å². The van der Waals surface area contributed by atoms with Crippen molar-refractivity contribution in [2.24, 2.45) is 5.92 Å². The first-order chi connectivity index (χ1) is 6.77. The standard InChI is InChI=1S/C13H22O/c1-10-8-9-11(2)14-13-7-5-3-4-6-12(10)13/h10-11H,3-9H2,1-2H3. The quantitative estimate of drug-likeness (QED) is 0.565. The molecule has 2 aliphatic rings. The highest BCUT2D eigenvalue weighted by molar-refractivity contribution is 5.14. The van der Waals surface area contributed by atoms with E-state index in [9.17, 15) is 0 Å². The first-order valence-corrected chi connectivity index (χ1v) is 6.16. The molecule has 1 heteroatoms. The van der Waals surface area contributed by atoms with E-state index in [0.717, 1.165) is 5.92 Å². The van der Waals surface area contributed by atoms with Gasteiger partial charge in [-0.15, -0.1) is 0 Å². The number of ether oxygens (including phenoxy) is 1. The predicted octanol–water partition coefficient (Wildman–Crippen LogP) is 4.04. The van der Waals surface area contributed by atoms with E-state index in [1.807, 2.05) is 0 Å². The van der Waals surface area contributed by atoms with Gasteiger partial charge in [-0.3, -0.25) is 0 Å². The lowest BCUT2D eigenvalue weighted by molar-refractivity contribution is 0.119. The minimum Gasteiger partial charge on any atom is -0.495 e. The third-order valence-corrected chi connectivity index (χ3v) is 3.65. The maximum Gasteiger partial charge on any atom is 0.0958 e. The Morgan fingerprint density at radius 2 is 1.79 bits per heavy atom. The fourth-order valence-electron chi connectivity index (χ4n) is 2.69. The van der Waals surface area contributed by atoms with Crippen molar-refractivity contribution in [1.82, 2.24) is 0 Å². The second-order valence-electron chi connectivity index (χ2n) is 4.92. The van der Waals surface area contributed by atoms with Gasteiger partial charge in [0.1, 0.15) is 0 Å². The van der Waals surface area contributed by atoms with Crippen molar-refractivity contribution < 1.29 is 4.74 Å². The maximum atomic E-state index is 6.05. The van der Waals surface area contributed by atoms with Crippen LogP contribution in [0.15, 0.2) is 11.3 Å². The van der Waals surface area contributed by atoms with Crippen LogP contribution in [-0.2, 0) is 4.74 Å². The van der Waals surface area contributed by atoms with Gasteiger partial charge in [0.25, 0.3) is 0 Å². The van der Waals surface area contributed by atoms with Crippen molar-refractivity contribution in [2.45, 2.75) is 64.9 Å². The lowest BCUT2D eigenvalue weighted by Gasteiger charge is -2.16. The monoisotopic (exact) mass is 194 g/mol. The van der Waals surface area contributed by atoms with Gasteiger partial charge in [0.05, 0.1) is 11.9 Å². The lowest BCUT2D eigenvalue weighted by Crippen LogP contribution is -2.05. The van der Waals surface area contributed by atoms with Gasteiger partial charge in [-0.05, 0) is 50.5 Å². The van der Waals surface area contributed by atoms with Gasteiger partial charge in [0.2, 0.25) is 0 Å². The molecule has 80 valence electrons. The molecule has 1 aliphatic carbocycles. The average Bonchev–Trinajstić information content (AvgIpc) is 2.44. The summed E-state index contributed by atoms with van der Waals surface area (Å²) in [5, 5.41) is 0. The molecule has 14 heavy (non-hydrogen) atoms. The molecule has 0 bridgehead atoms. The molecular formula is C13H22O. The first-order valence-electron chi connectivity index (χ1n) is 6.16. The summed E-state index contributed by atoms with van der Waals surface area (Å²) in [4.78, 5) is 0. The van der Waals surface area contributed by atoms with Crippen molar-refractivity contribution in [3.8, 4) is 0 Å². The molecule has 1 heterocycles. The van der Waals surface area contributed by atoms with Gasteiger partial charge in [0, 0.05) is 6.42 Å². The molecule has 0 aromatic heterocycles. The molecule has 0 amide bonds.